The normalized spacial score (nSPS) is 16.2. The summed E-state index contributed by atoms with van der Waals surface area (Å²) in [5.41, 5.74) is 1.94. The largest absolute Gasteiger partial charge is 0.445 e. The lowest BCUT2D eigenvalue weighted by atomic mass is 10.2. The number of fused-ring (bicyclic) bond motifs is 1. The molecule has 2 heterocycles. The number of ether oxygens (including phenoxy) is 1. The van der Waals surface area contributed by atoms with E-state index in [-0.39, 0.29) is 24.5 Å². The zero-order chi connectivity index (χ0) is 17.2. The summed E-state index contributed by atoms with van der Waals surface area (Å²) in [6.45, 7) is 1.34. The van der Waals surface area contributed by atoms with Crippen LogP contribution in [-0.4, -0.2) is 28.4 Å². The summed E-state index contributed by atoms with van der Waals surface area (Å²) in [7, 11) is 0. The lowest BCUT2D eigenvalue weighted by molar-refractivity contribution is -0.117. The number of carbonyl (C=O) groups excluding carboxylic acids is 2. The Balaban J connectivity index is 1.34. The lowest BCUT2D eigenvalue weighted by Gasteiger charge is -2.25. The maximum Gasteiger partial charge on any atom is 0.410 e. The van der Waals surface area contributed by atoms with E-state index < -0.39 is 0 Å². The molecule has 25 heavy (non-hydrogen) atoms. The molecule has 2 aromatic rings. The van der Waals surface area contributed by atoms with Crippen LogP contribution in [0.3, 0.4) is 0 Å². The van der Waals surface area contributed by atoms with Crippen molar-refractivity contribution in [3.63, 3.8) is 0 Å². The van der Waals surface area contributed by atoms with Crippen LogP contribution in [0.5, 0.6) is 0 Å². The van der Waals surface area contributed by atoms with E-state index in [4.69, 9.17) is 4.74 Å². The Bertz CT molecular complexity index is 786. The first-order chi connectivity index (χ1) is 12.2. The summed E-state index contributed by atoms with van der Waals surface area (Å²) in [4.78, 5) is 31.3. The monoisotopic (exact) mass is 357 g/mol. The van der Waals surface area contributed by atoms with E-state index in [2.05, 4.69) is 10.3 Å². The summed E-state index contributed by atoms with van der Waals surface area (Å²) in [6, 6.07) is 9.64. The molecule has 2 amide bonds. The topological polar surface area (TPSA) is 71.5 Å². The fraction of sp³-hybridized carbons (Fsp3) is 0.389. The average Bonchev–Trinajstić information content (AvgIpc) is 3.41. The molecule has 1 aromatic heterocycles. The number of carbonyl (C=O) groups is 2. The van der Waals surface area contributed by atoms with Crippen LogP contribution in [-0.2, 0) is 29.1 Å². The van der Waals surface area contributed by atoms with Crippen molar-refractivity contribution < 1.29 is 14.3 Å². The molecule has 0 bridgehead atoms. The molecule has 1 aliphatic heterocycles. The van der Waals surface area contributed by atoms with E-state index in [0.29, 0.717) is 24.6 Å². The van der Waals surface area contributed by atoms with E-state index in [1.54, 1.807) is 4.90 Å². The van der Waals surface area contributed by atoms with Gasteiger partial charge in [0.25, 0.3) is 0 Å². The highest BCUT2D eigenvalue weighted by molar-refractivity contribution is 7.15. The van der Waals surface area contributed by atoms with Crippen LogP contribution < -0.4 is 5.32 Å². The maximum atomic E-state index is 12.3. The molecule has 0 atom stereocenters. The smallest absolute Gasteiger partial charge is 0.410 e. The third-order valence-corrected chi connectivity index (χ3v) is 5.37. The van der Waals surface area contributed by atoms with Gasteiger partial charge in [0, 0.05) is 23.8 Å². The first kappa shape index (κ1) is 16.1. The maximum absolute atomic E-state index is 12.3. The van der Waals surface area contributed by atoms with Gasteiger partial charge in [-0.25, -0.2) is 9.78 Å². The fourth-order valence-electron chi connectivity index (χ4n) is 2.77. The minimum absolute atomic E-state index is 0.0604. The molecule has 0 unspecified atom stereocenters. The Kier molecular flexibility index (Phi) is 4.40. The Morgan fingerprint density at radius 3 is 2.84 bits per heavy atom. The van der Waals surface area contributed by atoms with Crippen molar-refractivity contribution in [3.8, 4) is 0 Å². The number of thiazole rings is 1. The molecular formula is C18H19N3O3S. The first-order valence-corrected chi connectivity index (χ1v) is 9.26. The fourth-order valence-corrected chi connectivity index (χ4v) is 3.80. The number of rotatable bonds is 4. The van der Waals surface area contributed by atoms with Crippen molar-refractivity contribution in [2.45, 2.75) is 32.4 Å². The molecule has 1 aromatic carbocycles. The van der Waals surface area contributed by atoms with E-state index in [0.717, 1.165) is 29.0 Å². The number of amides is 2. The van der Waals surface area contributed by atoms with Gasteiger partial charge in [0.2, 0.25) is 5.91 Å². The third-order valence-electron chi connectivity index (χ3n) is 4.37. The van der Waals surface area contributed by atoms with Gasteiger partial charge in [0.1, 0.15) is 6.61 Å². The molecule has 130 valence electrons. The minimum Gasteiger partial charge on any atom is -0.445 e. The lowest BCUT2D eigenvalue weighted by Crippen LogP contribution is -2.35. The number of benzene rings is 1. The Morgan fingerprint density at radius 2 is 2.08 bits per heavy atom. The van der Waals surface area contributed by atoms with E-state index in [1.165, 1.54) is 11.3 Å². The minimum atomic E-state index is -0.313. The van der Waals surface area contributed by atoms with Gasteiger partial charge in [-0.15, -0.1) is 0 Å². The van der Waals surface area contributed by atoms with Crippen molar-refractivity contribution in [3.05, 3.63) is 46.5 Å². The van der Waals surface area contributed by atoms with Crippen LogP contribution in [0.25, 0.3) is 0 Å². The van der Waals surface area contributed by atoms with E-state index in [9.17, 15) is 9.59 Å². The number of hydrogen-bond acceptors (Lipinski definition) is 5. The van der Waals surface area contributed by atoms with Crippen molar-refractivity contribution >= 4 is 28.5 Å². The number of aromatic nitrogens is 1. The molecule has 0 spiro atoms. The average molecular weight is 357 g/mol. The predicted molar refractivity (Wildman–Crippen MR) is 94.2 cm³/mol. The van der Waals surface area contributed by atoms with Crippen molar-refractivity contribution in [1.82, 2.24) is 9.88 Å². The van der Waals surface area contributed by atoms with Gasteiger partial charge in [-0.1, -0.05) is 41.7 Å². The molecule has 0 saturated heterocycles. The van der Waals surface area contributed by atoms with Crippen molar-refractivity contribution in [1.29, 1.82) is 0 Å². The first-order valence-electron chi connectivity index (χ1n) is 8.44. The highest BCUT2D eigenvalue weighted by Crippen LogP contribution is 2.33. The molecule has 1 N–H and O–H groups in total. The molecular weight excluding hydrogens is 338 g/mol. The standard InChI is InChI=1S/C18H19N3O3S/c22-16(13-6-7-13)20-17-19-14-8-9-21(10-15(14)25-17)18(23)24-11-12-4-2-1-3-5-12/h1-5,13H,6-11H2,(H,19,20,22). The SMILES string of the molecule is O=C(Nc1nc2c(s1)CN(C(=O)OCc1ccccc1)CC2)C1CC1. The molecule has 1 saturated carbocycles. The predicted octanol–water partition coefficient (Wildman–Crippen LogP) is 3.19. The number of hydrogen-bond donors (Lipinski definition) is 1. The second-order valence-electron chi connectivity index (χ2n) is 6.36. The van der Waals surface area contributed by atoms with Gasteiger partial charge in [-0.05, 0) is 18.4 Å². The number of nitrogens with zero attached hydrogens (tertiary/aromatic N) is 2. The summed E-state index contributed by atoms with van der Waals surface area (Å²) in [5.74, 6) is 0.218. The summed E-state index contributed by atoms with van der Waals surface area (Å²) in [5, 5.41) is 3.53. The van der Waals surface area contributed by atoms with Gasteiger partial charge in [-0.2, -0.15) is 0 Å². The van der Waals surface area contributed by atoms with Crippen LogP contribution in [0.2, 0.25) is 0 Å². The summed E-state index contributed by atoms with van der Waals surface area (Å²) in [6.07, 6.45) is 2.31. The quantitative estimate of drug-likeness (QED) is 0.912. The second-order valence-corrected chi connectivity index (χ2v) is 7.45. The Labute approximate surface area is 149 Å². The van der Waals surface area contributed by atoms with Crippen molar-refractivity contribution in [2.75, 3.05) is 11.9 Å². The van der Waals surface area contributed by atoms with Gasteiger partial charge in [-0.3, -0.25) is 4.79 Å². The molecule has 7 heteroatoms. The second kappa shape index (κ2) is 6.84. The Morgan fingerprint density at radius 1 is 1.28 bits per heavy atom. The van der Waals surface area contributed by atoms with Crippen molar-refractivity contribution in [2.24, 2.45) is 5.92 Å². The Hall–Kier alpha value is -2.41. The summed E-state index contributed by atoms with van der Waals surface area (Å²) < 4.78 is 5.40. The molecule has 6 nitrogen and oxygen atoms in total. The zero-order valence-electron chi connectivity index (χ0n) is 13.7. The van der Waals surface area contributed by atoms with Gasteiger partial charge < -0.3 is 15.0 Å². The number of anilines is 1. The van der Waals surface area contributed by atoms with Crippen LogP contribution in [0.4, 0.5) is 9.93 Å². The van der Waals surface area contributed by atoms with E-state index in [1.807, 2.05) is 30.3 Å². The van der Waals surface area contributed by atoms with Gasteiger partial charge in [0.15, 0.2) is 5.13 Å². The molecule has 1 fully saturated rings. The zero-order valence-corrected chi connectivity index (χ0v) is 14.6. The molecule has 0 radical (unpaired) electrons. The van der Waals surface area contributed by atoms with Gasteiger partial charge in [0.05, 0.1) is 12.2 Å². The molecule has 1 aliphatic carbocycles. The van der Waals surface area contributed by atoms with Crippen LogP contribution >= 0.6 is 11.3 Å². The highest BCUT2D eigenvalue weighted by Gasteiger charge is 2.31. The molecule has 2 aliphatic rings. The van der Waals surface area contributed by atoms with E-state index >= 15 is 0 Å². The van der Waals surface area contributed by atoms with Gasteiger partial charge >= 0.3 is 6.09 Å². The number of nitrogens with one attached hydrogen (secondary N) is 1. The molecule has 4 rings (SSSR count). The third kappa shape index (κ3) is 3.82. The summed E-state index contributed by atoms with van der Waals surface area (Å²) >= 11 is 1.45. The van der Waals surface area contributed by atoms with Crippen LogP contribution in [0.1, 0.15) is 29.0 Å². The van der Waals surface area contributed by atoms with Crippen LogP contribution in [0.15, 0.2) is 30.3 Å². The van der Waals surface area contributed by atoms with Crippen LogP contribution in [0, 0.1) is 5.92 Å². The highest BCUT2D eigenvalue weighted by atomic mass is 32.1.